The van der Waals surface area contributed by atoms with E-state index in [1.165, 1.54) is 36.9 Å². The van der Waals surface area contributed by atoms with Gasteiger partial charge in [0.2, 0.25) is 10.0 Å². The lowest BCUT2D eigenvalue weighted by Gasteiger charge is -2.25. The van der Waals surface area contributed by atoms with Gasteiger partial charge in [-0.05, 0) is 61.3 Å². The van der Waals surface area contributed by atoms with Crippen LogP contribution in [0.25, 0.3) is 0 Å². The molecule has 1 atom stereocenters. The number of hydrogen-bond donors (Lipinski definition) is 1. The lowest BCUT2D eigenvalue weighted by atomic mass is 10.0. The highest BCUT2D eigenvalue weighted by Gasteiger charge is 2.26. The van der Waals surface area contributed by atoms with Crippen molar-refractivity contribution in [2.45, 2.75) is 23.8 Å². The molecule has 0 amide bonds. The SMILES string of the molecule is COC(=O)c1ccc(S(=O)(=O)NCCN2CCCC2c2ccc(OC)cc2)cc1. The zero-order valence-electron chi connectivity index (χ0n) is 16.6. The summed E-state index contributed by atoms with van der Waals surface area (Å²) >= 11 is 0. The normalized spacial score (nSPS) is 17.2. The number of sulfonamides is 1. The summed E-state index contributed by atoms with van der Waals surface area (Å²) in [7, 11) is -0.709. The molecule has 2 aromatic rings. The topological polar surface area (TPSA) is 84.9 Å². The summed E-state index contributed by atoms with van der Waals surface area (Å²) in [6, 6.07) is 14.0. The van der Waals surface area contributed by atoms with E-state index in [-0.39, 0.29) is 10.9 Å². The van der Waals surface area contributed by atoms with Gasteiger partial charge >= 0.3 is 5.97 Å². The van der Waals surface area contributed by atoms with Gasteiger partial charge in [0.05, 0.1) is 24.7 Å². The van der Waals surface area contributed by atoms with Gasteiger partial charge in [-0.2, -0.15) is 0 Å². The highest BCUT2D eigenvalue weighted by atomic mass is 32.2. The van der Waals surface area contributed by atoms with Crippen LogP contribution in [0.1, 0.15) is 34.8 Å². The van der Waals surface area contributed by atoms with Crippen molar-refractivity contribution in [1.29, 1.82) is 0 Å². The zero-order valence-corrected chi connectivity index (χ0v) is 17.4. The molecule has 1 unspecified atom stereocenters. The van der Waals surface area contributed by atoms with Gasteiger partial charge in [0.25, 0.3) is 0 Å². The summed E-state index contributed by atoms with van der Waals surface area (Å²) in [4.78, 5) is 13.9. The smallest absolute Gasteiger partial charge is 0.337 e. The molecule has 1 aliphatic heterocycles. The minimum Gasteiger partial charge on any atom is -0.497 e. The molecule has 2 aromatic carbocycles. The molecule has 7 nitrogen and oxygen atoms in total. The van der Waals surface area contributed by atoms with Crippen molar-refractivity contribution in [1.82, 2.24) is 9.62 Å². The van der Waals surface area contributed by atoms with E-state index in [9.17, 15) is 13.2 Å². The third-order valence-electron chi connectivity index (χ3n) is 5.14. The summed E-state index contributed by atoms with van der Waals surface area (Å²) in [5.41, 5.74) is 1.52. The number of esters is 1. The quantitative estimate of drug-likeness (QED) is 0.664. The lowest BCUT2D eigenvalue weighted by molar-refractivity contribution is 0.0600. The molecule has 1 N–H and O–H groups in total. The number of benzene rings is 2. The molecule has 0 spiro atoms. The van der Waals surface area contributed by atoms with Gasteiger partial charge in [0.15, 0.2) is 0 Å². The van der Waals surface area contributed by atoms with Crippen molar-refractivity contribution in [2.75, 3.05) is 33.9 Å². The lowest BCUT2D eigenvalue weighted by Crippen LogP contribution is -2.34. The molecule has 0 radical (unpaired) electrons. The Balaban J connectivity index is 1.58. The van der Waals surface area contributed by atoms with E-state index in [0.29, 0.717) is 18.7 Å². The second-order valence-electron chi connectivity index (χ2n) is 6.88. The highest BCUT2D eigenvalue weighted by molar-refractivity contribution is 7.89. The molecule has 0 saturated carbocycles. The number of ether oxygens (including phenoxy) is 2. The third-order valence-corrected chi connectivity index (χ3v) is 6.62. The van der Waals surface area contributed by atoms with E-state index < -0.39 is 16.0 Å². The van der Waals surface area contributed by atoms with Crippen LogP contribution in [-0.4, -0.2) is 53.1 Å². The number of nitrogens with one attached hydrogen (secondary N) is 1. The summed E-state index contributed by atoms with van der Waals surface area (Å²) in [5, 5.41) is 0. The Bertz CT molecular complexity index is 927. The molecule has 156 valence electrons. The van der Waals surface area contributed by atoms with E-state index >= 15 is 0 Å². The number of carbonyl (C=O) groups is 1. The number of nitrogens with zero attached hydrogens (tertiary/aromatic N) is 1. The van der Waals surface area contributed by atoms with E-state index in [4.69, 9.17) is 4.74 Å². The van der Waals surface area contributed by atoms with Gasteiger partial charge in [-0.15, -0.1) is 0 Å². The first-order valence-corrected chi connectivity index (χ1v) is 11.0. The molecule has 8 heteroatoms. The summed E-state index contributed by atoms with van der Waals surface area (Å²) in [6.45, 7) is 1.87. The van der Waals surface area contributed by atoms with Crippen LogP contribution in [-0.2, 0) is 14.8 Å². The molecule has 1 heterocycles. The number of rotatable bonds is 8. The second-order valence-corrected chi connectivity index (χ2v) is 8.65. The molecule has 1 saturated heterocycles. The molecule has 3 rings (SSSR count). The Morgan fingerprint density at radius 1 is 1.10 bits per heavy atom. The van der Waals surface area contributed by atoms with Crippen molar-refractivity contribution < 1.29 is 22.7 Å². The van der Waals surface area contributed by atoms with Crippen molar-refractivity contribution in [3.63, 3.8) is 0 Å². The summed E-state index contributed by atoms with van der Waals surface area (Å²) in [5.74, 6) is 0.324. The summed E-state index contributed by atoms with van der Waals surface area (Å²) < 4.78 is 37.5. The van der Waals surface area contributed by atoms with Gasteiger partial charge in [-0.1, -0.05) is 12.1 Å². The summed E-state index contributed by atoms with van der Waals surface area (Å²) in [6.07, 6.45) is 2.13. The fourth-order valence-electron chi connectivity index (χ4n) is 3.59. The predicted octanol–water partition coefficient (Wildman–Crippen LogP) is 2.60. The van der Waals surface area contributed by atoms with Crippen molar-refractivity contribution in [3.8, 4) is 5.75 Å². The molecular weight excluding hydrogens is 392 g/mol. The van der Waals surface area contributed by atoms with Crippen LogP contribution in [0.15, 0.2) is 53.4 Å². The van der Waals surface area contributed by atoms with Gasteiger partial charge in [-0.3, -0.25) is 4.90 Å². The Morgan fingerprint density at radius 2 is 1.79 bits per heavy atom. The van der Waals surface area contributed by atoms with Gasteiger partial charge in [0.1, 0.15) is 5.75 Å². The van der Waals surface area contributed by atoms with E-state index in [1.807, 2.05) is 12.1 Å². The van der Waals surface area contributed by atoms with Gasteiger partial charge in [0, 0.05) is 19.1 Å². The number of methoxy groups -OCH3 is 2. The Hall–Kier alpha value is -2.42. The van der Waals surface area contributed by atoms with E-state index in [1.54, 1.807) is 7.11 Å². The van der Waals surface area contributed by atoms with Crippen LogP contribution in [0, 0.1) is 0 Å². The predicted molar refractivity (Wildman–Crippen MR) is 110 cm³/mol. The van der Waals surface area contributed by atoms with Gasteiger partial charge in [-0.25, -0.2) is 17.9 Å². The van der Waals surface area contributed by atoms with Crippen LogP contribution in [0.4, 0.5) is 0 Å². The minimum atomic E-state index is -3.64. The maximum absolute atomic E-state index is 12.5. The maximum atomic E-state index is 12.5. The third kappa shape index (κ3) is 5.14. The molecule has 1 aliphatic rings. The number of likely N-dealkylation sites (tertiary alicyclic amines) is 1. The van der Waals surface area contributed by atoms with Crippen molar-refractivity contribution in [3.05, 3.63) is 59.7 Å². The Morgan fingerprint density at radius 3 is 2.41 bits per heavy atom. The van der Waals surface area contributed by atoms with E-state index in [0.717, 1.165) is 25.1 Å². The molecule has 1 fully saturated rings. The first-order valence-electron chi connectivity index (χ1n) is 9.50. The monoisotopic (exact) mass is 418 g/mol. The van der Waals surface area contributed by atoms with Crippen LogP contribution in [0.3, 0.4) is 0 Å². The van der Waals surface area contributed by atoms with Crippen LogP contribution in [0.2, 0.25) is 0 Å². The molecule has 29 heavy (non-hydrogen) atoms. The minimum absolute atomic E-state index is 0.123. The molecule has 0 bridgehead atoms. The number of hydrogen-bond acceptors (Lipinski definition) is 6. The maximum Gasteiger partial charge on any atom is 0.337 e. The Labute approximate surface area is 171 Å². The fraction of sp³-hybridized carbons (Fsp3) is 0.381. The largest absolute Gasteiger partial charge is 0.497 e. The second kappa shape index (κ2) is 9.39. The highest BCUT2D eigenvalue weighted by Crippen LogP contribution is 2.32. The zero-order chi connectivity index (χ0) is 20.9. The molecular formula is C21H26N2O5S. The Kier molecular flexibility index (Phi) is 6.89. The number of carbonyl (C=O) groups excluding carboxylic acids is 1. The standard InChI is InChI=1S/C21H26N2O5S/c1-27-18-9-5-16(6-10-18)20-4-3-14-23(20)15-13-22-29(25,26)19-11-7-17(8-12-19)21(24)28-2/h5-12,20,22H,3-4,13-15H2,1-2H3. The molecule has 0 aliphatic carbocycles. The average Bonchev–Trinajstić information content (AvgIpc) is 3.21. The van der Waals surface area contributed by atoms with Crippen LogP contribution >= 0.6 is 0 Å². The first kappa shape index (κ1) is 21.3. The van der Waals surface area contributed by atoms with E-state index in [2.05, 4.69) is 26.5 Å². The van der Waals surface area contributed by atoms with Gasteiger partial charge < -0.3 is 9.47 Å². The average molecular weight is 419 g/mol. The van der Waals surface area contributed by atoms with Crippen LogP contribution < -0.4 is 9.46 Å². The van der Waals surface area contributed by atoms with Crippen LogP contribution in [0.5, 0.6) is 5.75 Å². The first-order chi connectivity index (χ1) is 13.9. The molecule has 0 aromatic heterocycles. The van der Waals surface area contributed by atoms with Crippen molar-refractivity contribution in [2.24, 2.45) is 0 Å². The fourth-order valence-corrected chi connectivity index (χ4v) is 4.61. The van der Waals surface area contributed by atoms with Crippen molar-refractivity contribution >= 4 is 16.0 Å².